The van der Waals surface area contributed by atoms with Gasteiger partial charge >= 0.3 is 11.9 Å². The topological polar surface area (TPSA) is 52.6 Å². The van der Waals surface area contributed by atoms with Crippen LogP contribution in [0.15, 0.2) is 0 Å². The van der Waals surface area contributed by atoms with Gasteiger partial charge in [-0.25, -0.2) is 0 Å². The van der Waals surface area contributed by atoms with Crippen molar-refractivity contribution in [2.24, 2.45) is 0 Å². The molecule has 22 heavy (non-hydrogen) atoms. The van der Waals surface area contributed by atoms with E-state index in [-0.39, 0.29) is 18.0 Å². The Hall–Kier alpha value is -1.06. The molecule has 1 aliphatic rings. The second-order valence-electron chi connectivity index (χ2n) is 6.30. The van der Waals surface area contributed by atoms with Gasteiger partial charge in [-0.1, -0.05) is 38.5 Å². The Labute approximate surface area is 134 Å². The number of hydrogen-bond acceptors (Lipinski definition) is 4. The molecule has 0 aromatic rings. The quantitative estimate of drug-likeness (QED) is 0.415. The Kier molecular flexibility index (Phi) is 10.8. The summed E-state index contributed by atoms with van der Waals surface area (Å²) in [6, 6.07) is 0. The van der Waals surface area contributed by atoms with Crippen LogP contribution in [0.3, 0.4) is 0 Å². The van der Waals surface area contributed by atoms with E-state index in [1.54, 1.807) is 0 Å². The summed E-state index contributed by atoms with van der Waals surface area (Å²) in [7, 11) is 1.44. The number of esters is 2. The van der Waals surface area contributed by atoms with Crippen LogP contribution in [-0.2, 0) is 19.1 Å². The monoisotopic (exact) mass is 312 g/mol. The zero-order valence-corrected chi connectivity index (χ0v) is 14.1. The Balaban J connectivity index is 1.85. The van der Waals surface area contributed by atoms with Gasteiger partial charge < -0.3 is 9.47 Å². The number of unbranched alkanes of at least 4 members (excludes halogenated alkanes) is 7. The van der Waals surface area contributed by atoms with Gasteiger partial charge in [-0.2, -0.15) is 0 Å². The fraction of sp³-hybridized carbons (Fsp3) is 0.889. The van der Waals surface area contributed by atoms with Crippen molar-refractivity contribution in [2.45, 2.75) is 96.0 Å². The molecule has 1 saturated heterocycles. The van der Waals surface area contributed by atoms with Crippen LogP contribution < -0.4 is 0 Å². The molecule has 0 aliphatic carbocycles. The van der Waals surface area contributed by atoms with Gasteiger partial charge in [-0.15, -0.1) is 0 Å². The van der Waals surface area contributed by atoms with Gasteiger partial charge in [0, 0.05) is 12.8 Å². The third-order valence-electron chi connectivity index (χ3n) is 4.34. The molecule has 4 nitrogen and oxygen atoms in total. The predicted octanol–water partition coefficient (Wildman–Crippen LogP) is 4.55. The molecule has 0 aromatic carbocycles. The van der Waals surface area contributed by atoms with Crippen molar-refractivity contribution < 1.29 is 19.1 Å². The van der Waals surface area contributed by atoms with E-state index in [0.717, 1.165) is 38.5 Å². The van der Waals surface area contributed by atoms with Gasteiger partial charge in [0.25, 0.3) is 0 Å². The second kappa shape index (κ2) is 12.5. The van der Waals surface area contributed by atoms with Crippen molar-refractivity contribution in [3.63, 3.8) is 0 Å². The summed E-state index contributed by atoms with van der Waals surface area (Å²) in [5, 5.41) is 0. The van der Waals surface area contributed by atoms with Crippen LogP contribution in [0.25, 0.3) is 0 Å². The lowest BCUT2D eigenvalue weighted by molar-refractivity contribution is -0.148. The third kappa shape index (κ3) is 9.80. The zero-order chi connectivity index (χ0) is 16.0. The summed E-state index contributed by atoms with van der Waals surface area (Å²) >= 11 is 0. The standard InChI is InChI=1S/C18H32O4/c1-21-17(19)14-9-7-5-3-2-4-6-8-12-16-13-10-11-15-18(20)22-16/h16H,2-15H2,1H3. The first-order chi connectivity index (χ1) is 10.7. The van der Waals surface area contributed by atoms with E-state index in [1.807, 2.05) is 0 Å². The van der Waals surface area contributed by atoms with E-state index < -0.39 is 0 Å². The number of cyclic esters (lactones) is 1. The first-order valence-electron chi connectivity index (χ1n) is 8.98. The van der Waals surface area contributed by atoms with E-state index in [9.17, 15) is 9.59 Å². The molecule has 0 spiro atoms. The fourth-order valence-corrected chi connectivity index (χ4v) is 2.95. The minimum Gasteiger partial charge on any atom is -0.469 e. The molecule has 1 aliphatic heterocycles. The average Bonchev–Trinajstić information content (AvgIpc) is 2.73. The molecule has 0 amide bonds. The van der Waals surface area contributed by atoms with Crippen molar-refractivity contribution in [1.82, 2.24) is 0 Å². The van der Waals surface area contributed by atoms with Crippen molar-refractivity contribution in [3.05, 3.63) is 0 Å². The average molecular weight is 312 g/mol. The molecule has 128 valence electrons. The summed E-state index contributed by atoms with van der Waals surface area (Å²) in [4.78, 5) is 22.3. The molecule has 0 saturated carbocycles. The summed E-state index contributed by atoms with van der Waals surface area (Å²) in [5.41, 5.74) is 0. The lowest BCUT2D eigenvalue weighted by atomic mass is 10.0. The first-order valence-corrected chi connectivity index (χ1v) is 8.98. The van der Waals surface area contributed by atoms with Crippen LogP contribution in [0.4, 0.5) is 0 Å². The number of methoxy groups -OCH3 is 1. The summed E-state index contributed by atoms with van der Waals surface area (Å²) < 4.78 is 10.1. The van der Waals surface area contributed by atoms with Gasteiger partial charge in [-0.3, -0.25) is 9.59 Å². The molecule has 1 atom stereocenters. The maximum atomic E-state index is 11.4. The fourth-order valence-electron chi connectivity index (χ4n) is 2.95. The van der Waals surface area contributed by atoms with Crippen LogP contribution in [-0.4, -0.2) is 25.2 Å². The lowest BCUT2D eigenvalue weighted by Gasteiger charge is -2.14. The molecule has 1 heterocycles. The second-order valence-corrected chi connectivity index (χ2v) is 6.30. The number of carbonyl (C=O) groups is 2. The zero-order valence-electron chi connectivity index (χ0n) is 14.1. The van der Waals surface area contributed by atoms with Crippen LogP contribution >= 0.6 is 0 Å². The molecule has 0 aromatic heterocycles. The van der Waals surface area contributed by atoms with Gasteiger partial charge in [0.1, 0.15) is 6.10 Å². The lowest BCUT2D eigenvalue weighted by Crippen LogP contribution is -2.15. The molecule has 1 rings (SSSR count). The molecule has 1 unspecified atom stereocenters. The molecule has 0 N–H and O–H groups in total. The molecule has 0 bridgehead atoms. The number of ether oxygens (including phenoxy) is 2. The number of carbonyl (C=O) groups excluding carboxylic acids is 2. The van der Waals surface area contributed by atoms with E-state index in [0.29, 0.717) is 12.8 Å². The van der Waals surface area contributed by atoms with Crippen molar-refractivity contribution in [3.8, 4) is 0 Å². The Morgan fingerprint density at radius 2 is 1.68 bits per heavy atom. The minimum absolute atomic E-state index is 0.00513. The van der Waals surface area contributed by atoms with Crippen LogP contribution in [0.5, 0.6) is 0 Å². The van der Waals surface area contributed by atoms with Crippen LogP contribution in [0.1, 0.15) is 89.9 Å². The van der Waals surface area contributed by atoms with Gasteiger partial charge in [0.2, 0.25) is 0 Å². The Morgan fingerprint density at radius 3 is 2.36 bits per heavy atom. The maximum Gasteiger partial charge on any atom is 0.306 e. The molecule has 1 fully saturated rings. The maximum absolute atomic E-state index is 11.4. The summed E-state index contributed by atoms with van der Waals surface area (Å²) in [6.45, 7) is 0. The smallest absolute Gasteiger partial charge is 0.306 e. The molecule has 0 radical (unpaired) electrons. The normalized spacial score (nSPS) is 18.6. The highest BCUT2D eigenvalue weighted by Gasteiger charge is 2.17. The van der Waals surface area contributed by atoms with Gasteiger partial charge in [0.15, 0.2) is 0 Å². The Bertz CT molecular complexity index is 314. The highest BCUT2D eigenvalue weighted by molar-refractivity contribution is 5.69. The van der Waals surface area contributed by atoms with Crippen LogP contribution in [0, 0.1) is 0 Å². The largest absolute Gasteiger partial charge is 0.469 e. The summed E-state index contributed by atoms with van der Waals surface area (Å²) in [5.74, 6) is -0.103. The van der Waals surface area contributed by atoms with Crippen molar-refractivity contribution in [2.75, 3.05) is 7.11 Å². The number of hydrogen-bond donors (Lipinski definition) is 0. The first kappa shape index (κ1) is 19.0. The van der Waals surface area contributed by atoms with E-state index in [4.69, 9.17) is 4.74 Å². The number of rotatable bonds is 11. The van der Waals surface area contributed by atoms with Gasteiger partial charge in [0.05, 0.1) is 7.11 Å². The van der Waals surface area contributed by atoms with Crippen molar-refractivity contribution >= 4 is 11.9 Å². The van der Waals surface area contributed by atoms with Gasteiger partial charge in [-0.05, 0) is 38.5 Å². The van der Waals surface area contributed by atoms with Crippen molar-refractivity contribution in [1.29, 1.82) is 0 Å². The summed E-state index contributed by atoms with van der Waals surface area (Å²) in [6.07, 6.45) is 15.0. The van der Waals surface area contributed by atoms with Crippen LogP contribution in [0.2, 0.25) is 0 Å². The highest BCUT2D eigenvalue weighted by atomic mass is 16.5. The predicted molar refractivity (Wildman–Crippen MR) is 86.5 cm³/mol. The molecular weight excluding hydrogens is 280 g/mol. The highest BCUT2D eigenvalue weighted by Crippen LogP contribution is 2.19. The SMILES string of the molecule is COC(=O)CCCCCCCCCCC1CCCCC(=O)O1. The molecule has 4 heteroatoms. The van der Waals surface area contributed by atoms with E-state index in [1.165, 1.54) is 45.6 Å². The Morgan fingerprint density at radius 1 is 1.05 bits per heavy atom. The van der Waals surface area contributed by atoms with E-state index >= 15 is 0 Å². The third-order valence-corrected chi connectivity index (χ3v) is 4.34. The molecular formula is C18H32O4. The van der Waals surface area contributed by atoms with E-state index in [2.05, 4.69) is 4.74 Å². The minimum atomic E-state index is -0.0980.